The van der Waals surface area contributed by atoms with Crippen molar-refractivity contribution in [1.29, 1.82) is 0 Å². The Balaban J connectivity index is 2.42. The number of hydrogen-bond donors (Lipinski definition) is 0. The molecule has 0 aliphatic rings. The van der Waals surface area contributed by atoms with Crippen LogP contribution in [0.15, 0.2) is 53.7 Å². The minimum absolute atomic E-state index is 0.188. The zero-order chi connectivity index (χ0) is 13.4. The third-order valence-corrected chi connectivity index (χ3v) is 4.00. The zero-order valence-corrected chi connectivity index (χ0v) is 9.74. The fraction of sp³-hybridized carbons (Fsp3) is 0.0909. The van der Waals surface area contributed by atoms with E-state index in [4.69, 9.17) is 0 Å². The molecule has 0 atom stereocenters. The van der Waals surface area contributed by atoms with Crippen molar-refractivity contribution in [2.45, 2.75) is 11.1 Å². The molecule has 1 heterocycles. The predicted molar refractivity (Wildman–Crippen MR) is 58.5 cm³/mol. The Labute approximate surface area is 102 Å². The van der Waals surface area contributed by atoms with Crippen molar-refractivity contribution >= 4 is 10.0 Å². The summed E-state index contributed by atoms with van der Waals surface area (Å²) in [7, 11) is -3.81. The number of aromatic nitrogens is 1. The summed E-state index contributed by atoms with van der Waals surface area (Å²) in [5.74, 6) is 0. The van der Waals surface area contributed by atoms with Gasteiger partial charge in [0, 0.05) is 12.4 Å². The average Bonchev–Trinajstić information content (AvgIpc) is 2.82. The van der Waals surface area contributed by atoms with Gasteiger partial charge in [-0.15, -0.1) is 0 Å². The van der Waals surface area contributed by atoms with Crippen molar-refractivity contribution in [3.63, 3.8) is 0 Å². The standard InChI is InChI=1S/C11H8F3NO2S/c12-11(13,14)9-3-5-10(6-4-9)18(16,17)15-7-1-2-8-15/h1-8H. The van der Waals surface area contributed by atoms with Gasteiger partial charge in [-0.2, -0.15) is 13.2 Å². The van der Waals surface area contributed by atoms with Gasteiger partial charge in [0.05, 0.1) is 10.5 Å². The van der Waals surface area contributed by atoms with Gasteiger partial charge < -0.3 is 0 Å². The first-order valence-electron chi connectivity index (χ1n) is 4.87. The monoisotopic (exact) mass is 275 g/mol. The summed E-state index contributed by atoms with van der Waals surface area (Å²) in [6, 6.07) is 6.41. The van der Waals surface area contributed by atoms with Crippen LogP contribution < -0.4 is 0 Å². The second-order valence-electron chi connectivity index (χ2n) is 3.54. The molecule has 0 saturated carbocycles. The molecule has 7 heteroatoms. The van der Waals surface area contributed by atoms with Gasteiger partial charge in [-0.3, -0.25) is 0 Å². The molecule has 18 heavy (non-hydrogen) atoms. The Morgan fingerprint density at radius 1 is 0.944 bits per heavy atom. The van der Waals surface area contributed by atoms with Crippen LogP contribution in [0.2, 0.25) is 0 Å². The lowest BCUT2D eigenvalue weighted by Gasteiger charge is -2.08. The molecule has 0 spiro atoms. The van der Waals surface area contributed by atoms with Crippen molar-refractivity contribution < 1.29 is 21.6 Å². The van der Waals surface area contributed by atoms with Gasteiger partial charge in [-0.25, -0.2) is 12.4 Å². The molecule has 0 unspecified atom stereocenters. The molecule has 0 aliphatic heterocycles. The molecule has 2 aromatic rings. The maximum Gasteiger partial charge on any atom is 0.416 e. The summed E-state index contributed by atoms with van der Waals surface area (Å²) in [5.41, 5.74) is -0.881. The van der Waals surface area contributed by atoms with Crippen LogP contribution in [0.1, 0.15) is 5.56 Å². The first-order chi connectivity index (χ1) is 8.32. The van der Waals surface area contributed by atoms with Crippen molar-refractivity contribution in [3.8, 4) is 0 Å². The van der Waals surface area contributed by atoms with Crippen LogP contribution in [0.3, 0.4) is 0 Å². The molecular formula is C11H8F3NO2S. The maximum atomic E-state index is 12.3. The maximum absolute atomic E-state index is 12.3. The van der Waals surface area contributed by atoms with E-state index in [-0.39, 0.29) is 4.90 Å². The van der Waals surface area contributed by atoms with Crippen molar-refractivity contribution in [1.82, 2.24) is 3.97 Å². The summed E-state index contributed by atoms with van der Waals surface area (Å²) in [4.78, 5) is -0.188. The van der Waals surface area contributed by atoms with Gasteiger partial charge in [0.25, 0.3) is 10.0 Å². The summed E-state index contributed by atoms with van der Waals surface area (Å²) in [5, 5.41) is 0. The van der Waals surface area contributed by atoms with E-state index >= 15 is 0 Å². The molecule has 0 N–H and O–H groups in total. The zero-order valence-electron chi connectivity index (χ0n) is 8.92. The smallest absolute Gasteiger partial charge is 0.249 e. The number of alkyl halides is 3. The van der Waals surface area contributed by atoms with Crippen molar-refractivity contribution in [3.05, 3.63) is 54.4 Å². The lowest BCUT2D eigenvalue weighted by atomic mass is 10.2. The molecule has 3 nitrogen and oxygen atoms in total. The first kappa shape index (κ1) is 12.7. The van der Waals surface area contributed by atoms with Crippen molar-refractivity contribution in [2.75, 3.05) is 0 Å². The van der Waals surface area contributed by atoms with E-state index in [0.29, 0.717) is 0 Å². The van der Waals surface area contributed by atoms with Gasteiger partial charge in [-0.05, 0) is 36.4 Å². The molecule has 1 aromatic carbocycles. The fourth-order valence-corrected chi connectivity index (χ4v) is 2.60. The SMILES string of the molecule is O=S(=O)(c1ccc(C(F)(F)F)cc1)n1cccc1. The highest BCUT2D eigenvalue weighted by Gasteiger charge is 2.30. The molecule has 0 amide bonds. The lowest BCUT2D eigenvalue weighted by Crippen LogP contribution is -2.11. The largest absolute Gasteiger partial charge is 0.416 e. The minimum atomic E-state index is -4.48. The second kappa shape index (κ2) is 4.16. The van der Waals surface area contributed by atoms with E-state index in [2.05, 4.69) is 0 Å². The Kier molecular flexibility index (Phi) is 2.94. The van der Waals surface area contributed by atoms with Crippen LogP contribution in [-0.4, -0.2) is 12.4 Å². The highest BCUT2D eigenvalue weighted by Crippen LogP contribution is 2.29. The van der Waals surface area contributed by atoms with Crippen LogP contribution in [-0.2, 0) is 16.2 Å². The van der Waals surface area contributed by atoms with E-state index in [1.54, 1.807) is 0 Å². The van der Waals surface area contributed by atoms with E-state index in [9.17, 15) is 21.6 Å². The summed E-state index contributed by atoms with van der Waals surface area (Å²) < 4.78 is 61.8. The summed E-state index contributed by atoms with van der Waals surface area (Å²) in [6.07, 6.45) is -1.85. The second-order valence-corrected chi connectivity index (χ2v) is 5.38. The highest BCUT2D eigenvalue weighted by molar-refractivity contribution is 7.90. The lowest BCUT2D eigenvalue weighted by molar-refractivity contribution is -0.137. The molecule has 0 radical (unpaired) electrons. The molecule has 96 valence electrons. The van der Waals surface area contributed by atoms with Gasteiger partial charge in [0.1, 0.15) is 0 Å². The Morgan fingerprint density at radius 3 is 1.89 bits per heavy atom. The molecule has 0 bridgehead atoms. The minimum Gasteiger partial charge on any atom is -0.249 e. The summed E-state index contributed by atoms with van der Waals surface area (Å²) in [6.45, 7) is 0. The van der Waals surface area contributed by atoms with E-state index < -0.39 is 21.8 Å². The Bertz CT molecular complexity index is 628. The fourth-order valence-electron chi connectivity index (χ4n) is 1.42. The molecule has 0 saturated heterocycles. The predicted octanol–water partition coefficient (Wildman–Crippen LogP) is 2.74. The number of halogens is 3. The number of nitrogens with zero attached hydrogens (tertiary/aromatic N) is 1. The van der Waals surface area contributed by atoms with Crippen LogP contribution in [0.5, 0.6) is 0 Å². The quantitative estimate of drug-likeness (QED) is 0.845. The topological polar surface area (TPSA) is 39.1 Å². The van der Waals surface area contributed by atoms with E-state index in [1.165, 1.54) is 24.5 Å². The van der Waals surface area contributed by atoms with Crippen LogP contribution in [0, 0.1) is 0 Å². The normalized spacial score (nSPS) is 12.6. The van der Waals surface area contributed by atoms with Gasteiger partial charge >= 0.3 is 6.18 Å². The summed E-state index contributed by atoms with van der Waals surface area (Å²) >= 11 is 0. The third kappa shape index (κ3) is 2.26. The highest BCUT2D eigenvalue weighted by atomic mass is 32.2. The molecular weight excluding hydrogens is 267 g/mol. The third-order valence-electron chi connectivity index (χ3n) is 2.33. The van der Waals surface area contributed by atoms with Crippen LogP contribution in [0.25, 0.3) is 0 Å². The average molecular weight is 275 g/mol. The number of hydrogen-bond acceptors (Lipinski definition) is 2. The number of benzene rings is 1. The van der Waals surface area contributed by atoms with E-state index in [1.807, 2.05) is 0 Å². The van der Waals surface area contributed by atoms with Gasteiger partial charge in [0.2, 0.25) is 0 Å². The van der Waals surface area contributed by atoms with Crippen LogP contribution >= 0.6 is 0 Å². The van der Waals surface area contributed by atoms with Crippen molar-refractivity contribution in [2.24, 2.45) is 0 Å². The first-order valence-corrected chi connectivity index (χ1v) is 6.31. The molecule has 0 aliphatic carbocycles. The molecule has 2 rings (SSSR count). The molecule has 1 aromatic heterocycles. The Hall–Kier alpha value is -1.76. The van der Waals surface area contributed by atoms with Gasteiger partial charge in [0.15, 0.2) is 0 Å². The Morgan fingerprint density at radius 2 is 1.44 bits per heavy atom. The number of rotatable bonds is 2. The van der Waals surface area contributed by atoms with Crippen LogP contribution in [0.4, 0.5) is 13.2 Å². The van der Waals surface area contributed by atoms with E-state index in [0.717, 1.165) is 28.2 Å². The van der Waals surface area contributed by atoms with Gasteiger partial charge in [-0.1, -0.05) is 0 Å². The molecule has 0 fully saturated rings.